The molecule has 8 heteroatoms. The molecule has 0 spiro atoms. The Hall–Kier alpha value is -2.74. The largest absolute Gasteiger partial charge is 0.435 e. The zero-order chi connectivity index (χ0) is 19.7. The first-order chi connectivity index (χ1) is 13.5. The van der Waals surface area contributed by atoms with E-state index in [0.717, 1.165) is 25.5 Å². The molecule has 28 heavy (non-hydrogen) atoms. The van der Waals surface area contributed by atoms with Gasteiger partial charge >= 0.3 is 6.61 Å². The number of rotatable bonds is 5. The van der Waals surface area contributed by atoms with Crippen molar-refractivity contribution in [3.05, 3.63) is 47.8 Å². The second-order valence-corrected chi connectivity index (χ2v) is 6.81. The fourth-order valence-electron chi connectivity index (χ4n) is 3.56. The van der Waals surface area contributed by atoms with Crippen molar-refractivity contribution in [1.82, 2.24) is 4.90 Å². The maximum absolute atomic E-state index is 13.8. The number of alkyl halides is 2. The van der Waals surface area contributed by atoms with Gasteiger partial charge < -0.3 is 19.7 Å². The summed E-state index contributed by atoms with van der Waals surface area (Å²) in [7, 11) is 0. The zero-order valence-electron chi connectivity index (χ0n) is 15.0. The van der Waals surface area contributed by atoms with E-state index in [1.165, 1.54) is 12.1 Å². The van der Waals surface area contributed by atoms with Crippen LogP contribution in [0.15, 0.2) is 36.4 Å². The van der Waals surface area contributed by atoms with E-state index in [4.69, 9.17) is 4.74 Å². The number of ether oxygens (including phenoxy) is 2. The molecule has 0 radical (unpaired) electrons. The highest BCUT2D eigenvalue weighted by molar-refractivity contribution is 6.02. The van der Waals surface area contributed by atoms with Crippen molar-refractivity contribution in [3.63, 3.8) is 0 Å². The minimum Gasteiger partial charge on any atom is -0.435 e. The van der Waals surface area contributed by atoms with Gasteiger partial charge in [0.2, 0.25) is 0 Å². The van der Waals surface area contributed by atoms with Crippen molar-refractivity contribution >= 4 is 11.6 Å². The highest BCUT2D eigenvalue weighted by atomic mass is 19.3. The van der Waals surface area contributed by atoms with E-state index in [0.29, 0.717) is 35.6 Å². The number of anilines is 1. The molecule has 0 saturated carbocycles. The summed E-state index contributed by atoms with van der Waals surface area (Å²) in [5.74, 6) is -1.04. The molecule has 1 amide bonds. The second kappa shape index (κ2) is 7.71. The van der Waals surface area contributed by atoms with Crippen LogP contribution in [-0.4, -0.2) is 43.3 Å². The van der Waals surface area contributed by atoms with Crippen LogP contribution >= 0.6 is 0 Å². The molecule has 2 aliphatic rings. The molecule has 2 aliphatic heterocycles. The van der Waals surface area contributed by atoms with Gasteiger partial charge in [-0.15, -0.1) is 0 Å². The number of halogens is 3. The van der Waals surface area contributed by atoms with Crippen molar-refractivity contribution in [3.8, 4) is 16.9 Å². The number of benzene rings is 2. The first-order valence-corrected chi connectivity index (χ1v) is 9.04. The van der Waals surface area contributed by atoms with Crippen LogP contribution in [0.2, 0.25) is 0 Å². The number of nitrogens with zero attached hydrogens (tertiary/aromatic N) is 1. The number of fused-ring (bicyclic) bond motifs is 1. The van der Waals surface area contributed by atoms with Gasteiger partial charge in [-0.2, -0.15) is 8.78 Å². The topological polar surface area (TPSA) is 50.8 Å². The van der Waals surface area contributed by atoms with Crippen LogP contribution in [0.25, 0.3) is 11.1 Å². The van der Waals surface area contributed by atoms with E-state index in [1.54, 1.807) is 23.1 Å². The molecule has 148 valence electrons. The second-order valence-electron chi connectivity index (χ2n) is 6.81. The molecule has 0 aromatic heterocycles. The Morgan fingerprint density at radius 1 is 1.21 bits per heavy atom. The minimum atomic E-state index is -3.03. The van der Waals surface area contributed by atoms with Crippen molar-refractivity contribution < 1.29 is 27.4 Å². The van der Waals surface area contributed by atoms with Crippen molar-refractivity contribution in [2.75, 3.05) is 25.1 Å². The molecule has 4 rings (SSSR count). The van der Waals surface area contributed by atoms with Gasteiger partial charge in [-0.25, -0.2) is 4.39 Å². The van der Waals surface area contributed by atoms with E-state index < -0.39 is 12.4 Å². The summed E-state index contributed by atoms with van der Waals surface area (Å²) in [5, 5.41) is 3.19. The Morgan fingerprint density at radius 3 is 2.82 bits per heavy atom. The van der Waals surface area contributed by atoms with Gasteiger partial charge in [-0.1, -0.05) is 6.07 Å². The van der Waals surface area contributed by atoms with Crippen LogP contribution in [0.4, 0.5) is 18.9 Å². The predicted octanol–water partition coefficient (Wildman–Crippen LogP) is 4.10. The van der Waals surface area contributed by atoms with Gasteiger partial charge in [0.25, 0.3) is 5.91 Å². The molecule has 0 bridgehead atoms. The Morgan fingerprint density at radius 2 is 2.07 bits per heavy atom. The molecular formula is C20H19F3N2O3. The van der Waals surface area contributed by atoms with Gasteiger partial charge in [-0.3, -0.25) is 4.79 Å². The molecule has 0 aliphatic carbocycles. The molecule has 1 fully saturated rings. The highest BCUT2D eigenvalue weighted by Crippen LogP contribution is 2.32. The monoisotopic (exact) mass is 392 g/mol. The first-order valence-electron chi connectivity index (χ1n) is 9.04. The lowest BCUT2D eigenvalue weighted by Gasteiger charge is -2.31. The Balaban J connectivity index is 1.57. The van der Waals surface area contributed by atoms with E-state index in [2.05, 4.69) is 10.1 Å². The smallest absolute Gasteiger partial charge is 0.387 e. The van der Waals surface area contributed by atoms with Crippen LogP contribution in [0.5, 0.6) is 5.75 Å². The number of hydrogen-bond acceptors (Lipinski definition) is 4. The summed E-state index contributed by atoms with van der Waals surface area (Å²) in [6.07, 6.45) is 2.01. The molecule has 5 nitrogen and oxygen atoms in total. The van der Waals surface area contributed by atoms with Crippen LogP contribution in [0.1, 0.15) is 23.2 Å². The van der Waals surface area contributed by atoms with Gasteiger partial charge in [0, 0.05) is 24.9 Å². The van der Waals surface area contributed by atoms with Gasteiger partial charge in [0.05, 0.1) is 18.3 Å². The lowest BCUT2D eigenvalue weighted by Crippen LogP contribution is -2.43. The number of carbonyl (C=O) groups excluding carboxylic acids is 1. The van der Waals surface area contributed by atoms with Gasteiger partial charge in [0.15, 0.2) is 0 Å². The van der Waals surface area contributed by atoms with Crippen LogP contribution in [-0.2, 0) is 4.74 Å². The molecule has 1 atom stereocenters. The molecule has 2 aromatic carbocycles. The molecule has 2 heterocycles. The highest BCUT2D eigenvalue weighted by Gasteiger charge is 2.28. The Kier molecular flexibility index (Phi) is 5.13. The molecule has 1 N–H and O–H groups in total. The van der Waals surface area contributed by atoms with E-state index in [9.17, 15) is 18.0 Å². The summed E-state index contributed by atoms with van der Waals surface area (Å²) in [5.41, 5.74) is 2.10. The van der Waals surface area contributed by atoms with Gasteiger partial charge in [-0.05, 0) is 48.2 Å². The van der Waals surface area contributed by atoms with Crippen LogP contribution in [0, 0.1) is 5.82 Å². The zero-order valence-corrected chi connectivity index (χ0v) is 15.0. The lowest BCUT2D eigenvalue weighted by atomic mass is 10.00. The molecule has 2 aromatic rings. The minimum absolute atomic E-state index is 0.0622. The number of amides is 1. The summed E-state index contributed by atoms with van der Waals surface area (Å²) < 4.78 is 48.6. The quantitative estimate of drug-likeness (QED) is 0.833. The third-order valence-corrected chi connectivity index (χ3v) is 4.88. The fourth-order valence-corrected chi connectivity index (χ4v) is 3.56. The summed E-state index contributed by atoms with van der Waals surface area (Å²) in [6.45, 7) is -1.43. The van der Waals surface area contributed by atoms with E-state index >= 15 is 0 Å². The number of nitrogens with one attached hydrogen (secondary N) is 1. The maximum atomic E-state index is 13.8. The summed E-state index contributed by atoms with van der Waals surface area (Å²) in [4.78, 5) is 14.5. The third kappa shape index (κ3) is 3.91. The Bertz CT molecular complexity index is 885. The number of hydrogen-bond donors (Lipinski definition) is 1. The molecule has 0 unspecified atom stereocenters. The Labute approximate surface area is 160 Å². The first kappa shape index (κ1) is 18.6. The molecular weight excluding hydrogens is 373 g/mol. The molecule has 1 saturated heterocycles. The van der Waals surface area contributed by atoms with Gasteiger partial charge in [0.1, 0.15) is 11.6 Å². The summed E-state index contributed by atoms with van der Waals surface area (Å²) in [6, 6.07) is 8.49. The van der Waals surface area contributed by atoms with Crippen LogP contribution < -0.4 is 10.1 Å². The maximum Gasteiger partial charge on any atom is 0.387 e. The lowest BCUT2D eigenvalue weighted by molar-refractivity contribution is -0.0499. The standard InChI is InChI=1S/C20H19F3N2O3/c21-14-6-13(7-16(9-14)28-20(22)23)12-3-4-17-18(8-12)24-11-25(19(17)26)10-15-2-1-5-27-15/h3-4,6-9,15,20,24H,1-2,5,10-11H2/t15-/m0/s1. The SMILES string of the molecule is O=C1c2ccc(-c3cc(F)cc(OC(F)F)c3)cc2NCN1C[C@@H]1CCCO1. The average Bonchev–Trinajstić information content (AvgIpc) is 3.16. The van der Waals surface area contributed by atoms with Crippen molar-refractivity contribution in [2.24, 2.45) is 0 Å². The van der Waals surface area contributed by atoms with Crippen LogP contribution in [0.3, 0.4) is 0 Å². The fraction of sp³-hybridized carbons (Fsp3) is 0.350. The average molecular weight is 392 g/mol. The van der Waals surface area contributed by atoms with E-state index in [1.807, 2.05) is 0 Å². The number of carbonyl (C=O) groups is 1. The van der Waals surface area contributed by atoms with Crippen molar-refractivity contribution in [1.29, 1.82) is 0 Å². The predicted molar refractivity (Wildman–Crippen MR) is 97.0 cm³/mol. The normalized spacial score (nSPS) is 18.9. The third-order valence-electron chi connectivity index (χ3n) is 4.88. The van der Waals surface area contributed by atoms with Crippen molar-refractivity contribution in [2.45, 2.75) is 25.6 Å². The summed E-state index contributed by atoms with van der Waals surface area (Å²) >= 11 is 0. The van der Waals surface area contributed by atoms with E-state index in [-0.39, 0.29) is 17.8 Å².